The smallest absolute Gasteiger partial charge is 0.370 e. The molecule has 0 spiro atoms. The molecule has 3 rings (SSSR count). The van der Waals surface area contributed by atoms with E-state index in [-0.39, 0.29) is 30.1 Å². The van der Waals surface area contributed by atoms with Gasteiger partial charge in [-0.25, -0.2) is 4.98 Å². The lowest BCUT2D eigenvalue weighted by molar-refractivity contribution is -0.170. The molecule has 30 heavy (non-hydrogen) atoms. The molecule has 158 valence electrons. The molecule has 0 aliphatic heterocycles. The third-order valence-electron chi connectivity index (χ3n) is 4.22. The number of halogens is 3. The lowest BCUT2D eigenvalue weighted by atomic mass is 10.2. The highest BCUT2D eigenvalue weighted by Crippen LogP contribution is 2.28. The lowest BCUT2D eigenvalue weighted by Gasteiger charge is -2.18. The van der Waals surface area contributed by atoms with Gasteiger partial charge in [0.1, 0.15) is 0 Å². The molecule has 8 nitrogen and oxygen atoms in total. The van der Waals surface area contributed by atoms with Crippen molar-refractivity contribution in [2.75, 3.05) is 17.3 Å². The van der Waals surface area contributed by atoms with Crippen molar-refractivity contribution in [3.8, 4) is 0 Å². The number of primary amides is 1. The Kier molecular flexibility index (Phi) is 5.78. The number of amides is 3. The number of rotatable bonds is 6. The van der Waals surface area contributed by atoms with Crippen LogP contribution in [0.2, 0.25) is 0 Å². The molecular formula is C18H16F3N5O3S. The Hall–Kier alpha value is -3.41. The van der Waals surface area contributed by atoms with Crippen LogP contribution in [0.5, 0.6) is 0 Å². The van der Waals surface area contributed by atoms with Crippen molar-refractivity contribution in [3.05, 3.63) is 40.6 Å². The first-order valence-electron chi connectivity index (χ1n) is 8.56. The molecule has 0 saturated heterocycles. The summed E-state index contributed by atoms with van der Waals surface area (Å²) in [6.07, 6.45) is -5.06. The number of carbonyl (C=O) groups excluding carboxylic acids is 3. The fourth-order valence-corrected chi connectivity index (χ4v) is 3.37. The molecule has 12 heteroatoms. The van der Waals surface area contributed by atoms with Gasteiger partial charge < -0.3 is 15.2 Å². The molecule has 0 unspecified atom stereocenters. The van der Waals surface area contributed by atoms with Crippen molar-refractivity contribution < 1.29 is 27.6 Å². The number of aromatic nitrogens is 2. The molecule has 0 atom stereocenters. The first-order valence-corrected chi connectivity index (χ1v) is 9.44. The number of hydrogen-bond acceptors (Lipinski definition) is 5. The van der Waals surface area contributed by atoms with Crippen molar-refractivity contribution in [2.24, 2.45) is 5.73 Å². The molecule has 0 aliphatic carbocycles. The van der Waals surface area contributed by atoms with E-state index in [9.17, 15) is 27.6 Å². The number of benzene rings is 1. The number of aryl methyl sites for hydroxylation is 1. The summed E-state index contributed by atoms with van der Waals surface area (Å²) >= 11 is 1.22. The van der Waals surface area contributed by atoms with E-state index in [1.54, 1.807) is 17.5 Å². The number of nitrogens with two attached hydrogens (primary N) is 1. The molecule has 2 aromatic heterocycles. The summed E-state index contributed by atoms with van der Waals surface area (Å²) < 4.78 is 39.7. The molecule has 0 fully saturated rings. The zero-order chi connectivity index (χ0) is 22.1. The average molecular weight is 439 g/mol. The van der Waals surface area contributed by atoms with Crippen LogP contribution in [0, 0.1) is 0 Å². The number of alkyl halides is 3. The van der Waals surface area contributed by atoms with E-state index in [1.165, 1.54) is 34.1 Å². The SMILES string of the molecule is CN(C(=O)C(F)(F)F)c1ccc2c(c1)nc(NC(=O)c1cccs1)n2CCC(N)=O. The second-order valence-electron chi connectivity index (χ2n) is 6.27. The summed E-state index contributed by atoms with van der Waals surface area (Å²) in [5.41, 5.74) is 5.87. The molecule has 0 saturated carbocycles. The topological polar surface area (TPSA) is 110 Å². The highest BCUT2D eigenvalue weighted by molar-refractivity contribution is 7.12. The molecule has 3 N–H and O–H groups in total. The summed E-state index contributed by atoms with van der Waals surface area (Å²) in [7, 11) is 1.00. The molecule has 1 aromatic carbocycles. The van der Waals surface area contributed by atoms with Gasteiger partial charge in [-0.3, -0.25) is 19.7 Å². The Bertz CT molecular complexity index is 1110. The second-order valence-corrected chi connectivity index (χ2v) is 7.22. The number of imidazole rings is 1. The van der Waals surface area contributed by atoms with Crippen LogP contribution in [0.1, 0.15) is 16.1 Å². The molecule has 0 aliphatic rings. The maximum Gasteiger partial charge on any atom is 0.471 e. The van der Waals surface area contributed by atoms with Crippen LogP contribution in [0.3, 0.4) is 0 Å². The maximum atomic E-state index is 12.7. The Balaban J connectivity index is 1.99. The fourth-order valence-electron chi connectivity index (χ4n) is 2.75. The van der Waals surface area contributed by atoms with Gasteiger partial charge >= 0.3 is 12.1 Å². The molecule has 0 bridgehead atoms. The van der Waals surface area contributed by atoms with Gasteiger partial charge in [0.05, 0.1) is 15.9 Å². The van der Waals surface area contributed by atoms with Crippen molar-refractivity contribution in [3.63, 3.8) is 0 Å². The van der Waals surface area contributed by atoms with Crippen LogP contribution < -0.4 is 16.0 Å². The van der Waals surface area contributed by atoms with E-state index < -0.39 is 23.9 Å². The Morgan fingerprint density at radius 3 is 2.60 bits per heavy atom. The Morgan fingerprint density at radius 1 is 1.27 bits per heavy atom. The van der Waals surface area contributed by atoms with Gasteiger partial charge in [0, 0.05) is 25.7 Å². The van der Waals surface area contributed by atoms with E-state index in [0.717, 1.165) is 7.05 Å². The number of thiophene rings is 1. The first-order chi connectivity index (χ1) is 14.1. The minimum absolute atomic E-state index is 0.0273. The van der Waals surface area contributed by atoms with Gasteiger partial charge in [-0.2, -0.15) is 13.2 Å². The molecule has 0 radical (unpaired) electrons. The average Bonchev–Trinajstić information content (AvgIpc) is 3.31. The largest absolute Gasteiger partial charge is 0.471 e. The van der Waals surface area contributed by atoms with Crippen LogP contribution >= 0.6 is 11.3 Å². The van der Waals surface area contributed by atoms with Crippen molar-refractivity contribution in [1.29, 1.82) is 0 Å². The van der Waals surface area contributed by atoms with Gasteiger partial charge in [-0.05, 0) is 29.6 Å². The number of nitrogens with zero attached hydrogens (tertiary/aromatic N) is 3. The standard InChI is InChI=1S/C18H16F3N5O3S/c1-25(16(29)18(19,20)21)10-4-5-12-11(9-10)23-17(26(12)7-6-14(22)27)24-15(28)13-3-2-8-30-13/h2-5,8-9H,6-7H2,1H3,(H2,22,27)(H,23,24,28). The van der Waals surface area contributed by atoms with Crippen LogP contribution in [0.4, 0.5) is 24.8 Å². The summed E-state index contributed by atoms with van der Waals surface area (Å²) in [6, 6.07) is 7.39. The quantitative estimate of drug-likeness (QED) is 0.615. The second kappa shape index (κ2) is 8.14. The normalized spacial score (nSPS) is 11.5. The highest BCUT2D eigenvalue weighted by atomic mass is 32.1. The van der Waals surface area contributed by atoms with Crippen LogP contribution in [0.15, 0.2) is 35.7 Å². The zero-order valence-electron chi connectivity index (χ0n) is 15.6. The molecule has 3 aromatic rings. The monoisotopic (exact) mass is 439 g/mol. The van der Waals surface area contributed by atoms with Gasteiger partial charge in [0.15, 0.2) is 0 Å². The van der Waals surface area contributed by atoms with Gasteiger partial charge in [0.2, 0.25) is 11.9 Å². The number of carbonyl (C=O) groups is 3. The van der Waals surface area contributed by atoms with Crippen LogP contribution in [-0.2, 0) is 16.1 Å². The van der Waals surface area contributed by atoms with E-state index in [1.807, 2.05) is 0 Å². The lowest BCUT2D eigenvalue weighted by Crippen LogP contribution is -2.38. The summed E-state index contributed by atoms with van der Waals surface area (Å²) in [5.74, 6) is -2.92. The zero-order valence-corrected chi connectivity index (χ0v) is 16.4. The van der Waals surface area contributed by atoms with Crippen molar-refractivity contribution in [2.45, 2.75) is 19.1 Å². The van der Waals surface area contributed by atoms with Crippen molar-refractivity contribution in [1.82, 2.24) is 9.55 Å². The van der Waals surface area contributed by atoms with Gasteiger partial charge in [0.25, 0.3) is 5.91 Å². The van der Waals surface area contributed by atoms with Gasteiger partial charge in [-0.1, -0.05) is 6.07 Å². The highest BCUT2D eigenvalue weighted by Gasteiger charge is 2.41. The maximum absolute atomic E-state index is 12.7. The fraction of sp³-hybridized carbons (Fsp3) is 0.222. The third kappa shape index (κ3) is 4.43. The predicted octanol–water partition coefficient (Wildman–Crippen LogP) is 2.75. The van der Waals surface area contributed by atoms with E-state index in [2.05, 4.69) is 10.3 Å². The predicted molar refractivity (Wildman–Crippen MR) is 105 cm³/mol. The number of nitrogens with one attached hydrogen (secondary N) is 1. The van der Waals surface area contributed by atoms with E-state index >= 15 is 0 Å². The number of anilines is 2. The Labute approximate surface area is 172 Å². The minimum atomic E-state index is -5.02. The summed E-state index contributed by atoms with van der Waals surface area (Å²) in [5, 5.41) is 4.36. The summed E-state index contributed by atoms with van der Waals surface area (Å²) in [6.45, 7) is 0.0998. The van der Waals surface area contributed by atoms with E-state index in [0.29, 0.717) is 15.3 Å². The van der Waals surface area contributed by atoms with Crippen molar-refractivity contribution >= 4 is 51.7 Å². The minimum Gasteiger partial charge on any atom is -0.370 e. The Morgan fingerprint density at radius 2 is 2.00 bits per heavy atom. The molecular weight excluding hydrogens is 423 g/mol. The first kappa shape index (κ1) is 21.3. The number of fused-ring (bicyclic) bond motifs is 1. The number of hydrogen-bond donors (Lipinski definition) is 2. The summed E-state index contributed by atoms with van der Waals surface area (Å²) in [4.78, 5) is 40.3. The molecule has 2 heterocycles. The van der Waals surface area contributed by atoms with E-state index in [4.69, 9.17) is 5.73 Å². The molecule has 3 amide bonds. The van der Waals surface area contributed by atoms with Crippen LogP contribution in [-0.4, -0.2) is 40.5 Å². The van der Waals surface area contributed by atoms with Crippen LogP contribution in [0.25, 0.3) is 11.0 Å². The van der Waals surface area contributed by atoms with Gasteiger partial charge in [-0.15, -0.1) is 11.3 Å². The third-order valence-corrected chi connectivity index (χ3v) is 5.09.